The molecule has 2 aromatic heterocycles. The molecule has 3 nitrogen and oxygen atoms in total. The Morgan fingerprint density at radius 2 is 1.07 bits per heavy atom. The molecule has 5 heteroatoms. The minimum Gasteiger partial charge on any atom is -0.353 e. The van der Waals surface area contributed by atoms with Crippen molar-refractivity contribution in [3.05, 3.63) is 104 Å². The van der Waals surface area contributed by atoms with E-state index in [1.165, 1.54) is 0 Å². The van der Waals surface area contributed by atoms with Gasteiger partial charge in [-0.1, -0.05) is 60.7 Å². The first-order valence-electron chi connectivity index (χ1n) is 8.80. The van der Waals surface area contributed by atoms with Gasteiger partial charge in [0, 0.05) is 10.8 Å². The molecular formula is C22H20N2OS2. The minimum atomic E-state index is -0.247. The number of hydrogen-bond donors (Lipinski definition) is 0. The molecule has 2 atom stereocenters. The van der Waals surface area contributed by atoms with Crippen LogP contribution in [0, 0.1) is 13.8 Å². The zero-order valence-corrected chi connectivity index (χ0v) is 16.8. The number of ether oxygens (including phenoxy) is 1. The second-order valence-corrected chi connectivity index (χ2v) is 8.42. The van der Waals surface area contributed by atoms with Crippen molar-refractivity contribution in [1.82, 2.24) is 9.97 Å². The maximum Gasteiger partial charge on any atom is 0.127 e. The highest BCUT2D eigenvalue weighted by molar-refractivity contribution is 7.09. The van der Waals surface area contributed by atoms with E-state index in [0.717, 1.165) is 32.5 Å². The third-order valence-electron chi connectivity index (χ3n) is 4.29. The van der Waals surface area contributed by atoms with Gasteiger partial charge in [0.15, 0.2) is 0 Å². The van der Waals surface area contributed by atoms with Gasteiger partial charge in [-0.2, -0.15) is 0 Å². The van der Waals surface area contributed by atoms with Crippen LogP contribution in [0.1, 0.15) is 44.7 Å². The normalized spacial score (nSPS) is 13.4. The Labute approximate surface area is 167 Å². The third kappa shape index (κ3) is 4.16. The van der Waals surface area contributed by atoms with E-state index in [2.05, 4.69) is 35.0 Å². The molecule has 0 amide bonds. The summed E-state index contributed by atoms with van der Waals surface area (Å²) in [6.45, 7) is 4.05. The first-order valence-corrected chi connectivity index (χ1v) is 10.6. The number of hydrogen-bond acceptors (Lipinski definition) is 5. The van der Waals surface area contributed by atoms with Crippen LogP contribution in [0.25, 0.3) is 0 Å². The van der Waals surface area contributed by atoms with Crippen molar-refractivity contribution in [2.45, 2.75) is 26.1 Å². The zero-order valence-electron chi connectivity index (χ0n) is 15.2. The molecule has 0 bridgehead atoms. The van der Waals surface area contributed by atoms with E-state index in [-0.39, 0.29) is 12.2 Å². The summed E-state index contributed by atoms with van der Waals surface area (Å²) in [5.41, 5.74) is 4.07. The summed E-state index contributed by atoms with van der Waals surface area (Å²) in [4.78, 5) is 9.42. The first kappa shape index (κ1) is 18.0. The van der Waals surface area contributed by atoms with Crippen molar-refractivity contribution in [3.8, 4) is 0 Å². The van der Waals surface area contributed by atoms with Gasteiger partial charge in [0.05, 0.1) is 21.4 Å². The van der Waals surface area contributed by atoms with Crippen LogP contribution in [-0.2, 0) is 4.74 Å². The number of benzene rings is 2. The van der Waals surface area contributed by atoms with Gasteiger partial charge in [-0.15, -0.1) is 22.7 Å². The third-order valence-corrected chi connectivity index (χ3v) is 5.87. The van der Waals surface area contributed by atoms with Crippen LogP contribution in [0.15, 0.2) is 71.4 Å². The summed E-state index contributed by atoms with van der Waals surface area (Å²) >= 11 is 3.29. The lowest BCUT2D eigenvalue weighted by atomic mass is 10.0. The van der Waals surface area contributed by atoms with Crippen LogP contribution >= 0.6 is 22.7 Å². The Balaban J connectivity index is 1.76. The standard InChI is InChI=1S/C22H20N2OS2/c1-15-23-19(13-26-15)21(17-9-5-3-6-10-17)25-22(18-11-7-4-8-12-18)20-14-27-16(2)24-20/h3-14,21-22H,1-2H3. The van der Waals surface area contributed by atoms with Crippen LogP contribution in [0.5, 0.6) is 0 Å². The van der Waals surface area contributed by atoms with Crippen molar-refractivity contribution in [1.29, 1.82) is 0 Å². The van der Waals surface area contributed by atoms with Gasteiger partial charge in [0.2, 0.25) is 0 Å². The van der Waals surface area contributed by atoms with Crippen LogP contribution in [0.3, 0.4) is 0 Å². The average Bonchev–Trinajstić information content (AvgIpc) is 3.32. The molecule has 136 valence electrons. The molecule has 2 heterocycles. The van der Waals surface area contributed by atoms with Crippen molar-refractivity contribution in [3.63, 3.8) is 0 Å². The largest absolute Gasteiger partial charge is 0.353 e. The van der Waals surface area contributed by atoms with Crippen LogP contribution in [0.4, 0.5) is 0 Å². The topological polar surface area (TPSA) is 35.0 Å². The van der Waals surface area contributed by atoms with Gasteiger partial charge < -0.3 is 4.74 Å². The molecule has 0 fully saturated rings. The number of aromatic nitrogens is 2. The van der Waals surface area contributed by atoms with Crippen LogP contribution < -0.4 is 0 Å². The fourth-order valence-electron chi connectivity index (χ4n) is 3.03. The molecule has 2 aromatic carbocycles. The second kappa shape index (κ2) is 8.13. The fourth-order valence-corrected chi connectivity index (χ4v) is 4.28. The van der Waals surface area contributed by atoms with Crippen molar-refractivity contribution < 1.29 is 4.74 Å². The monoisotopic (exact) mass is 392 g/mol. The molecule has 0 saturated heterocycles. The Bertz CT molecular complexity index is 914. The molecule has 0 aliphatic carbocycles. The minimum absolute atomic E-state index is 0.247. The van der Waals surface area contributed by atoms with E-state index in [1.807, 2.05) is 50.2 Å². The Kier molecular flexibility index (Phi) is 5.43. The summed E-state index contributed by atoms with van der Waals surface area (Å²) in [6.07, 6.45) is -0.494. The van der Waals surface area contributed by atoms with Crippen molar-refractivity contribution >= 4 is 22.7 Å². The summed E-state index contributed by atoms with van der Waals surface area (Å²) in [5.74, 6) is 0. The van der Waals surface area contributed by atoms with E-state index in [4.69, 9.17) is 14.7 Å². The fraction of sp³-hybridized carbons (Fsp3) is 0.182. The average molecular weight is 393 g/mol. The van der Waals surface area contributed by atoms with E-state index in [9.17, 15) is 0 Å². The summed E-state index contributed by atoms with van der Waals surface area (Å²) < 4.78 is 6.71. The van der Waals surface area contributed by atoms with Crippen molar-refractivity contribution in [2.24, 2.45) is 0 Å². The van der Waals surface area contributed by atoms with Gasteiger partial charge in [0.1, 0.15) is 12.2 Å². The van der Waals surface area contributed by atoms with Gasteiger partial charge in [0.25, 0.3) is 0 Å². The highest BCUT2D eigenvalue weighted by atomic mass is 32.1. The molecule has 2 unspecified atom stereocenters. The van der Waals surface area contributed by atoms with E-state index in [0.29, 0.717) is 0 Å². The second-order valence-electron chi connectivity index (χ2n) is 6.30. The quantitative estimate of drug-likeness (QED) is 0.397. The lowest BCUT2D eigenvalue weighted by Gasteiger charge is -2.24. The Morgan fingerprint density at radius 1 is 0.667 bits per heavy atom. The summed E-state index contributed by atoms with van der Waals surface area (Å²) in [6, 6.07) is 20.6. The van der Waals surface area contributed by atoms with E-state index in [1.54, 1.807) is 22.7 Å². The van der Waals surface area contributed by atoms with E-state index >= 15 is 0 Å². The lowest BCUT2D eigenvalue weighted by Crippen LogP contribution is -2.14. The predicted octanol–water partition coefficient (Wildman–Crippen LogP) is 6.11. The first-order chi connectivity index (χ1) is 13.2. The summed E-state index contributed by atoms with van der Waals surface area (Å²) in [5, 5.41) is 6.24. The highest BCUT2D eigenvalue weighted by Gasteiger charge is 2.26. The van der Waals surface area contributed by atoms with Gasteiger partial charge in [-0.25, -0.2) is 9.97 Å². The van der Waals surface area contributed by atoms with Gasteiger partial charge in [-0.3, -0.25) is 0 Å². The van der Waals surface area contributed by atoms with Gasteiger partial charge >= 0.3 is 0 Å². The Hall–Kier alpha value is -2.34. The van der Waals surface area contributed by atoms with Crippen LogP contribution in [-0.4, -0.2) is 9.97 Å². The molecule has 0 aliphatic rings. The predicted molar refractivity (Wildman–Crippen MR) is 111 cm³/mol. The molecule has 4 aromatic rings. The van der Waals surface area contributed by atoms with Crippen molar-refractivity contribution in [2.75, 3.05) is 0 Å². The smallest absolute Gasteiger partial charge is 0.127 e. The SMILES string of the molecule is Cc1nc(C(OC(c2ccccc2)c2csc(C)n2)c2ccccc2)cs1. The Morgan fingerprint density at radius 3 is 1.41 bits per heavy atom. The zero-order chi connectivity index (χ0) is 18.6. The lowest BCUT2D eigenvalue weighted by molar-refractivity contribution is 0.0267. The molecular weight excluding hydrogens is 372 g/mol. The molecule has 4 rings (SSSR count). The number of rotatable bonds is 6. The summed E-state index contributed by atoms with van der Waals surface area (Å²) in [7, 11) is 0. The molecule has 27 heavy (non-hydrogen) atoms. The molecule has 0 radical (unpaired) electrons. The molecule has 0 saturated carbocycles. The number of nitrogens with zero attached hydrogens (tertiary/aromatic N) is 2. The molecule has 0 N–H and O–H groups in total. The molecule has 0 aliphatic heterocycles. The number of aryl methyl sites for hydroxylation is 2. The van der Waals surface area contributed by atoms with Crippen LogP contribution in [0.2, 0.25) is 0 Å². The maximum absolute atomic E-state index is 6.71. The van der Waals surface area contributed by atoms with E-state index < -0.39 is 0 Å². The van der Waals surface area contributed by atoms with Gasteiger partial charge in [-0.05, 0) is 25.0 Å². The maximum atomic E-state index is 6.71. The number of thiazole rings is 2. The molecule has 0 spiro atoms. The highest BCUT2D eigenvalue weighted by Crippen LogP contribution is 2.36.